The van der Waals surface area contributed by atoms with Gasteiger partial charge < -0.3 is 5.32 Å². The van der Waals surface area contributed by atoms with Gasteiger partial charge in [0, 0.05) is 11.8 Å². The fraction of sp³-hybridized carbons (Fsp3) is 0.538. The van der Waals surface area contributed by atoms with E-state index in [4.69, 9.17) is 0 Å². The predicted molar refractivity (Wildman–Crippen MR) is 73.0 cm³/mol. The first kappa shape index (κ1) is 13.6. The minimum Gasteiger partial charge on any atom is -0.310 e. The van der Waals surface area contributed by atoms with E-state index in [1.54, 1.807) is 11.0 Å². The summed E-state index contributed by atoms with van der Waals surface area (Å²) < 4.78 is 1.76. The van der Waals surface area contributed by atoms with Gasteiger partial charge in [-0.3, -0.25) is 0 Å². The first-order valence-electron chi connectivity index (χ1n) is 6.48. The quantitative estimate of drug-likeness (QED) is 0.880. The standard InChI is InChI=1S/C13H20N6/c1-9(2)6-14-7-13-15-8-16-19(13)12-5-10(3)17-11(4)18-12/h5,8-9,14H,6-7H2,1-4H3. The molecule has 2 aromatic rings. The monoisotopic (exact) mass is 260 g/mol. The Morgan fingerprint density at radius 3 is 2.74 bits per heavy atom. The Labute approximate surface area is 113 Å². The zero-order valence-corrected chi connectivity index (χ0v) is 11.9. The van der Waals surface area contributed by atoms with Crippen LogP contribution in [0.4, 0.5) is 0 Å². The molecule has 0 spiro atoms. The minimum absolute atomic E-state index is 0.611. The van der Waals surface area contributed by atoms with Gasteiger partial charge in [-0.1, -0.05) is 13.8 Å². The number of aromatic nitrogens is 5. The van der Waals surface area contributed by atoms with Crippen LogP contribution in [0.5, 0.6) is 0 Å². The molecule has 2 aromatic heterocycles. The minimum atomic E-state index is 0.611. The van der Waals surface area contributed by atoms with Crippen LogP contribution in [0.3, 0.4) is 0 Å². The van der Waals surface area contributed by atoms with Gasteiger partial charge in [0.25, 0.3) is 0 Å². The van der Waals surface area contributed by atoms with Crippen LogP contribution in [0.2, 0.25) is 0 Å². The zero-order chi connectivity index (χ0) is 13.8. The molecule has 6 heteroatoms. The van der Waals surface area contributed by atoms with E-state index < -0.39 is 0 Å². The largest absolute Gasteiger partial charge is 0.310 e. The lowest BCUT2D eigenvalue weighted by Gasteiger charge is -2.09. The summed E-state index contributed by atoms with van der Waals surface area (Å²) in [7, 11) is 0. The molecule has 0 unspecified atom stereocenters. The Bertz CT molecular complexity index is 526. The molecular formula is C13H20N6. The van der Waals surface area contributed by atoms with E-state index in [-0.39, 0.29) is 0 Å². The van der Waals surface area contributed by atoms with Crippen LogP contribution in [0.1, 0.15) is 31.2 Å². The van der Waals surface area contributed by atoms with Gasteiger partial charge in [0.05, 0.1) is 6.54 Å². The Hall–Kier alpha value is -1.82. The van der Waals surface area contributed by atoms with Gasteiger partial charge in [-0.05, 0) is 26.3 Å². The van der Waals surface area contributed by atoms with Crippen molar-refractivity contribution >= 4 is 0 Å². The van der Waals surface area contributed by atoms with Gasteiger partial charge in [-0.2, -0.15) is 9.78 Å². The number of hydrogen-bond donors (Lipinski definition) is 1. The van der Waals surface area contributed by atoms with Crippen molar-refractivity contribution in [2.75, 3.05) is 6.54 Å². The second-order valence-corrected chi connectivity index (χ2v) is 5.03. The third kappa shape index (κ3) is 3.57. The molecule has 2 heterocycles. The van der Waals surface area contributed by atoms with Crippen molar-refractivity contribution in [3.05, 3.63) is 29.7 Å². The molecule has 102 valence electrons. The number of hydrogen-bond acceptors (Lipinski definition) is 5. The fourth-order valence-electron chi connectivity index (χ4n) is 1.86. The molecule has 0 aliphatic carbocycles. The topological polar surface area (TPSA) is 68.5 Å². The maximum Gasteiger partial charge on any atom is 0.159 e. The van der Waals surface area contributed by atoms with E-state index in [1.807, 2.05) is 19.9 Å². The summed E-state index contributed by atoms with van der Waals surface area (Å²) in [6.07, 6.45) is 1.55. The molecule has 0 aliphatic rings. The zero-order valence-electron chi connectivity index (χ0n) is 11.9. The summed E-state index contributed by atoms with van der Waals surface area (Å²) in [6.45, 7) is 9.81. The molecule has 0 bridgehead atoms. The smallest absolute Gasteiger partial charge is 0.159 e. The molecule has 0 saturated heterocycles. The molecule has 0 aliphatic heterocycles. The SMILES string of the molecule is Cc1cc(-n2ncnc2CNCC(C)C)nc(C)n1. The van der Waals surface area contributed by atoms with Crippen LogP contribution >= 0.6 is 0 Å². The summed E-state index contributed by atoms with van der Waals surface area (Å²) in [5.74, 6) is 2.98. The van der Waals surface area contributed by atoms with Crippen molar-refractivity contribution in [3.63, 3.8) is 0 Å². The highest BCUT2D eigenvalue weighted by molar-refractivity contribution is 5.24. The summed E-state index contributed by atoms with van der Waals surface area (Å²) in [4.78, 5) is 13.0. The first-order chi connectivity index (χ1) is 9.06. The second kappa shape index (κ2) is 5.88. The van der Waals surface area contributed by atoms with E-state index in [1.165, 1.54) is 0 Å². The highest BCUT2D eigenvalue weighted by Crippen LogP contribution is 2.07. The number of rotatable bonds is 5. The van der Waals surface area contributed by atoms with E-state index in [2.05, 4.69) is 39.2 Å². The molecule has 1 N–H and O–H groups in total. The maximum atomic E-state index is 4.40. The van der Waals surface area contributed by atoms with Gasteiger partial charge in [-0.25, -0.2) is 15.0 Å². The Morgan fingerprint density at radius 1 is 1.26 bits per heavy atom. The van der Waals surface area contributed by atoms with Crippen LogP contribution < -0.4 is 5.32 Å². The highest BCUT2D eigenvalue weighted by atomic mass is 15.4. The van der Waals surface area contributed by atoms with Crippen LogP contribution in [-0.2, 0) is 6.54 Å². The van der Waals surface area contributed by atoms with Gasteiger partial charge in [0.1, 0.15) is 18.0 Å². The molecule has 0 saturated carbocycles. The summed E-state index contributed by atoms with van der Waals surface area (Å²) in [5.41, 5.74) is 0.930. The van der Waals surface area contributed by atoms with E-state index >= 15 is 0 Å². The number of nitrogens with one attached hydrogen (secondary N) is 1. The van der Waals surface area contributed by atoms with Crippen molar-refractivity contribution in [1.29, 1.82) is 0 Å². The van der Waals surface area contributed by atoms with E-state index in [0.29, 0.717) is 12.5 Å². The van der Waals surface area contributed by atoms with E-state index in [9.17, 15) is 0 Å². The Kier molecular flexibility index (Phi) is 4.21. The molecule has 6 nitrogen and oxygen atoms in total. The van der Waals surface area contributed by atoms with Gasteiger partial charge in [0.2, 0.25) is 0 Å². The molecule has 0 fully saturated rings. The normalized spacial score (nSPS) is 11.2. The summed E-state index contributed by atoms with van der Waals surface area (Å²) in [6, 6.07) is 1.91. The molecule has 0 amide bonds. The van der Waals surface area contributed by atoms with E-state index in [0.717, 1.165) is 29.7 Å². The molecule has 0 atom stereocenters. The molecule has 19 heavy (non-hydrogen) atoms. The lowest BCUT2D eigenvalue weighted by molar-refractivity contribution is 0.537. The van der Waals surface area contributed by atoms with Crippen LogP contribution in [0.25, 0.3) is 5.82 Å². The van der Waals surface area contributed by atoms with Crippen LogP contribution in [-0.4, -0.2) is 31.3 Å². The highest BCUT2D eigenvalue weighted by Gasteiger charge is 2.09. The summed E-state index contributed by atoms with van der Waals surface area (Å²) >= 11 is 0. The second-order valence-electron chi connectivity index (χ2n) is 5.03. The van der Waals surface area contributed by atoms with Crippen molar-refractivity contribution in [1.82, 2.24) is 30.0 Å². The van der Waals surface area contributed by atoms with Gasteiger partial charge in [-0.15, -0.1) is 0 Å². The molecular weight excluding hydrogens is 240 g/mol. The first-order valence-corrected chi connectivity index (χ1v) is 6.48. The fourth-order valence-corrected chi connectivity index (χ4v) is 1.86. The average Bonchev–Trinajstić information content (AvgIpc) is 2.75. The van der Waals surface area contributed by atoms with Gasteiger partial charge in [0.15, 0.2) is 5.82 Å². The lowest BCUT2D eigenvalue weighted by Crippen LogP contribution is -2.21. The average molecular weight is 260 g/mol. The third-order valence-corrected chi connectivity index (χ3v) is 2.62. The van der Waals surface area contributed by atoms with Crippen LogP contribution in [0, 0.1) is 19.8 Å². The van der Waals surface area contributed by atoms with Gasteiger partial charge >= 0.3 is 0 Å². The summed E-state index contributed by atoms with van der Waals surface area (Å²) in [5, 5.41) is 7.60. The molecule has 0 aromatic carbocycles. The number of aryl methyl sites for hydroxylation is 2. The lowest BCUT2D eigenvalue weighted by atomic mass is 10.2. The maximum absolute atomic E-state index is 4.40. The van der Waals surface area contributed by atoms with Crippen molar-refractivity contribution < 1.29 is 0 Å². The molecule has 0 radical (unpaired) electrons. The molecule has 2 rings (SSSR count). The predicted octanol–water partition coefficient (Wildman–Crippen LogP) is 1.42. The van der Waals surface area contributed by atoms with Crippen LogP contribution in [0.15, 0.2) is 12.4 Å². The Balaban J connectivity index is 2.18. The van der Waals surface area contributed by atoms with Crippen molar-refractivity contribution in [3.8, 4) is 5.82 Å². The Morgan fingerprint density at radius 2 is 2.05 bits per heavy atom. The number of nitrogens with zero attached hydrogens (tertiary/aromatic N) is 5. The van der Waals surface area contributed by atoms with Crippen molar-refractivity contribution in [2.24, 2.45) is 5.92 Å². The van der Waals surface area contributed by atoms with Crippen molar-refractivity contribution in [2.45, 2.75) is 34.2 Å². The third-order valence-electron chi connectivity index (χ3n) is 2.62.